The Morgan fingerprint density at radius 3 is 2.62 bits per heavy atom. The summed E-state index contributed by atoms with van der Waals surface area (Å²) in [5.41, 5.74) is 2.11. The van der Waals surface area contributed by atoms with Crippen molar-refractivity contribution in [1.82, 2.24) is 9.88 Å². The largest absolute Gasteiger partial charge is 0.477 e. The van der Waals surface area contributed by atoms with Gasteiger partial charge in [0.15, 0.2) is 0 Å². The van der Waals surface area contributed by atoms with Gasteiger partial charge < -0.3 is 24.6 Å². The predicted octanol–water partition coefficient (Wildman–Crippen LogP) is 2.03. The summed E-state index contributed by atoms with van der Waals surface area (Å²) in [6, 6.07) is 11.0. The molecule has 0 aliphatic carbocycles. The van der Waals surface area contributed by atoms with Gasteiger partial charge in [0.05, 0.1) is 26.4 Å². The summed E-state index contributed by atoms with van der Waals surface area (Å²) in [5, 5.41) is 2.83. The average Bonchev–Trinajstić information content (AvgIpc) is 2.75. The van der Waals surface area contributed by atoms with E-state index in [2.05, 4.69) is 15.2 Å². The number of nitrogens with zero attached hydrogens (tertiary/aromatic N) is 3. The molecule has 0 radical (unpaired) electrons. The van der Waals surface area contributed by atoms with Crippen LogP contribution in [-0.2, 0) is 9.53 Å². The zero-order valence-corrected chi connectivity index (χ0v) is 16.8. The molecule has 0 atom stereocenters. The average molecular weight is 398 g/mol. The van der Waals surface area contributed by atoms with Crippen molar-refractivity contribution in [2.75, 3.05) is 56.7 Å². The first-order valence-corrected chi connectivity index (χ1v) is 9.64. The van der Waals surface area contributed by atoms with Gasteiger partial charge in [0.2, 0.25) is 11.8 Å². The summed E-state index contributed by atoms with van der Waals surface area (Å²) in [7, 11) is 1.58. The van der Waals surface area contributed by atoms with E-state index in [9.17, 15) is 9.59 Å². The first kappa shape index (κ1) is 20.6. The van der Waals surface area contributed by atoms with Crippen LogP contribution in [0.25, 0.3) is 0 Å². The summed E-state index contributed by atoms with van der Waals surface area (Å²) in [6.07, 6.45) is 1.56. The molecule has 154 valence electrons. The SMILES string of the molecule is CCOc1ncccc1C(=O)N(C)CC(=O)Nc1ccc(N2CCOCC2)cc1. The zero-order valence-electron chi connectivity index (χ0n) is 16.8. The third-order valence-electron chi connectivity index (χ3n) is 4.54. The Labute approximate surface area is 170 Å². The molecule has 2 amide bonds. The Bertz CT molecular complexity index is 835. The van der Waals surface area contributed by atoms with Crippen LogP contribution in [-0.4, -0.2) is 68.2 Å². The van der Waals surface area contributed by atoms with Crippen LogP contribution in [0.1, 0.15) is 17.3 Å². The molecule has 1 aliphatic heterocycles. The van der Waals surface area contributed by atoms with Crippen molar-refractivity contribution in [3.8, 4) is 5.88 Å². The summed E-state index contributed by atoms with van der Waals surface area (Å²) in [4.78, 5) is 32.7. The Morgan fingerprint density at radius 1 is 1.21 bits per heavy atom. The molecule has 2 heterocycles. The fourth-order valence-corrected chi connectivity index (χ4v) is 3.08. The molecule has 0 saturated carbocycles. The van der Waals surface area contributed by atoms with E-state index in [1.165, 1.54) is 4.90 Å². The number of ether oxygens (including phenoxy) is 2. The number of pyridine rings is 1. The highest BCUT2D eigenvalue weighted by Crippen LogP contribution is 2.19. The number of anilines is 2. The molecule has 2 aromatic rings. The highest BCUT2D eigenvalue weighted by Gasteiger charge is 2.19. The number of nitrogens with one attached hydrogen (secondary N) is 1. The number of hydrogen-bond acceptors (Lipinski definition) is 6. The second kappa shape index (κ2) is 9.88. The number of amides is 2. The summed E-state index contributed by atoms with van der Waals surface area (Å²) < 4.78 is 10.8. The van der Waals surface area contributed by atoms with Crippen molar-refractivity contribution in [1.29, 1.82) is 0 Å². The molecule has 1 aliphatic rings. The molecular weight excluding hydrogens is 372 g/mol. The van der Waals surface area contributed by atoms with E-state index in [0.717, 1.165) is 32.0 Å². The lowest BCUT2D eigenvalue weighted by atomic mass is 10.2. The molecule has 1 fully saturated rings. The number of likely N-dealkylation sites (N-methyl/N-ethyl adjacent to an activating group) is 1. The summed E-state index contributed by atoms with van der Waals surface area (Å²) in [5.74, 6) is -0.327. The molecule has 1 N–H and O–H groups in total. The Hall–Kier alpha value is -3.13. The van der Waals surface area contributed by atoms with Crippen molar-refractivity contribution >= 4 is 23.2 Å². The number of rotatable bonds is 7. The van der Waals surface area contributed by atoms with Crippen molar-refractivity contribution in [3.05, 3.63) is 48.2 Å². The van der Waals surface area contributed by atoms with E-state index in [0.29, 0.717) is 17.9 Å². The fraction of sp³-hybridized carbons (Fsp3) is 0.381. The van der Waals surface area contributed by atoms with E-state index in [1.54, 1.807) is 25.4 Å². The Balaban J connectivity index is 1.56. The minimum atomic E-state index is -0.320. The van der Waals surface area contributed by atoms with Gasteiger partial charge in [0, 0.05) is 37.7 Å². The molecule has 29 heavy (non-hydrogen) atoms. The zero-order chi connectivity index (χ0) is 20.6. The van der Waals surface area contributed by atoms with E-state index < -0.39 is 0 Å². The van der Waals surface area contributed by atoms with Crippen LogP contribution in [0.4, 0.5) is 11.4 Å². The molecule has 8 nitrogen and oxygen atoms in total. The van der Waals surface area contributed by atoms with Crippen molar-refractivity contribution < 1.29 is 19.1 Å². The quantitative estimate of drug-likeness (QED) is 0.768. The smallest absolute Gasteiger partial charge is 0.259 e. The van der Waals surface area contributed by atoms with Gasteiger partial charge in [0.25, 0.3) is 5.91 Å². The van der Waals surface area contributed by atoms with Crippen LogP contribution in [0.3, 0.4) is 0 Å². The number of carbonyl (C=O) groups excluding carboxylic acids is 2. The van der Waals surface area contributed by atoms with Crippen LogP contribution >= 0.6 is 0 Å². The molecule has 0 bridgehead atoms. The van der Waals surface area contributed by atoms with Crippen LogP contribution in [0.15, 0.2) is 42.6 Å². The van der Waals surface area contributed by atoms with Gasteiger partial charge in [0.1, 0.15) is 5.56 Å². The second-order valence-corrected chi connectivity index (χ2v) is 6.64. The van der Waals surface area contributed by atoms with Gasteiger partial charge in [-0.25, -0.2) is 4.98 Å². The predicted molar refractivity (Wildman–Crippen MR) is 110 cm³/mol. The van der Waals surface area contributed by atoms with Gasteiger partial charge in [-0.2, -0.15) is 0 Å². The lowest BCUT2D eigenvalue weighted by Gasteiger charge is -2.28. The van der Waals surface area contributed by atoms with Gasteiger partial charge >= 0.3 is 0 Å². The van der Waals surface area contributed by atoms with Gasteiger partial charge in [-0.1, -0.05) is 0 Å². The number of benzene rings is 1. The molecule has 3 rings (SSSR count). The maximum atomic E-state index is 12.7. The third kappa shape index (κ3) is 5.45. The van der Waals surface area contributed by atoms with Crippen molar-refractivity contribution in [2.45, 2.75) is 6.92 Å². The first-order chi connectivity index (χ1) is 14.1. The van der Waals surface area contributed by atoms with E-state index in [-0.39, 0.29) is 24.2 Å². The van der Waals surface area contributed by atoms with E-state index in [4.69, 9.17) is 9.47 Å². The van der Waals surface area contributed by atoms with Crippen LogP contribution in [0.2, 0.25) is 0 Å². The van der Waals surface area contributed by atoms with Crippen LogP contribution in [0, 0.1) is 0 Å². The molecule has 1 aromatic heterocycles. The van der Waals surface area contributed by atoms with E-state index >= 15 is 0 Å². The third-order valence-corrected chi connectivity index (χ3v) is 4.54. The van der Waals surface area contributed by atoms with Gasteiger partial charge in [-0.05, 0) is 43.3 Å². The van der Waals surface area contributed by atoms with Crippen molar-refractivity contribution in [2.24, 2.45) is 0 Å². The van der Waals surface area contributed by atoms with Crippen LogP contribution in [0.5, 0.6) is 5.88 Å². The summed E-state index contributed by atoms with van der Waals surface area (Å²) in [6.45, 7) is 5.31. The van der Waals surface area contributed by atoms with Gasteiger partial charge in [-0.3, -0.25) is 9.59 Å². The lowest BCUT2D eigenvalue weighted by Crippen LogP contribution is -2.36. The highest BCUT2D eigenvalue weighted by atomic mass is 16.5. The number of morpholine rings is 1. The monoisotopic (exact) mass is 398 g/mol. The van der Waals surface area contributed by atoms with E-state index in [1.807, 2.05) is 31.2 Å². The first-order valence-electron chi connectivity index (χ1n) is 9.64. The maximum absolute atomic E-state index is 12.7. The molecule has 0 spiro atoms. The Kier molecular flexibility index (Phi) is 7.02. The minimum absolute atomic E-state index is 0.0789. The minimum Gasteiger partial charge on any atom is -0.477 e. The normalized spacial score (nSPS) is 13.7. The van der Waals surface area contributed by atoms with Gasteiger partial charge in [-0.15, -0.1) is 0 Å². The molecule has 1 aromatic carbocycles. The summed E-state index contributed by atoms with van der Waals surface area (Å²) >= 11 is 0. The van der Waals surface area contributed by atoms with Crippen LogP contribution < -0.4 is 15.0 Å². The topological polar surface area (TPSA) is 84.0 Å². The second-order valence-electron chi connectivity index (χ2n) is 6.64. The molecular formula is C21H26N4O4. The molecule has 1 saturated heterocycles. The number of hydrogen-bond donors (Lipinski definition) is 1. The highest BCUT2D eigenvalue weighted by molar-refractivity contribution is 6.00. The van der Waals surface area contributed by atoms with Crippen molar-refractivity contribution in [3.63, 3.8) is 0 Å². The molecule has 0 unspecified atom stereocenters. The Morgan fingerprint density at radius 2 is 1.93 bits per heavy atom. The standard InChI is InChI=1S/C21H26N4O4/c1-3-29-20-18(5-4-10-22-20)21(27)24(2)15-19(26)23-16-6-8-17(9-7-16)25-11-13-28-14-12-25/h4-10H,3,11-15H2,1-2H3,(H,23,26). The fourth-order valence-electron chi connectivity index (χ4n) is 3.08. The molecule has 8 heteroatoms. The number of aromatic nitrogens is 1. The number of carbonyl (C=O) groups is 2. The lowest BCUT2D eigenvalue weighted by molar-refractivity contribution is -0.116. The maximum Gasteiger partial charge on any atom is 0.259 e.